The van der Waals surface area contributed by atoms with E-state index in [0.29, 0.717) is 0 Å². The largest absolute Gasteiger partial charge is 0.481 e. The van der Waals surface area contributed by atoms with Gasteiger partial charge < -0.3 is 10.4 Å². The first-order valence-corrected chi connectivity index (χ1v) is 8.50. The summed E-state index contributed by atoms with van der Waals surface area (Å²) in [7, 11) is 0. The zero-order chi connectivity index (χ0) is 19.8. The van der Waals surface area contributed by atoms with Gasteiger partial charge in [0.1, 0.15) is 6.04 Å². The van der Waals surface area contributed by atoms with Crippen LogP contribution >= 0.6 is 11.3 Å². The minimum absolute atomic E-state index is 0.0367. The van der Waals surface area contributed by atoms with Crippen molar-refractivity contribution < 1.29 is 32.7 Å². The SMILES string of the molecule is O=C(O)Cc1csc(N2C(=O)CC(Nc3cccc(C(F)(F)F)c3)C2=O)n1. The Bertz CT molecular complexity index is 912. The van der Waals surface area contributed by atoms with Gasteiger partial charge in [-0.2, -0.15) is 13.2 Å². The van der Waals surface area contributed by atoms with Crippen LogP contribution in [-0.4, -0.2) is 33.9 Å². The molecule has 1 aliphatic heterocycles. The second-order valence-electron chi connectivity index (χ2n) is 5.74. The van der Waals surface area contributed by atoms with Gasteiger partial charge in [-0.25, -0.2) is 9.88 Å². The summed E-state index contributed by atoms with van der Waals surface area (Å²) in [5.74, 6) is -2.33. The van der Waals surface area contributed by atoms with Gasteiger partial charge in [0.25, 0.3) is 5.91 Å². The number of carbonyl (C=O) groups excluding carboxylic acids is 2. The van der Waals surface area contributed by atoms with E-state index in [2.05, 4.69) is 10.3 Å². The van der Waals surface area contributed by atoms with Gasteiger partial charge in [-0.1, -0.05) is 6.07 Å². The average molecular weight is 399 g/mol. The smallest absolute Gasteiger partial charge is 0.416 e. The van der Waals surface area contributed by atoms with Crippen LogP contribution in [0, 0.1) is 0 Å². The van der Waals surface area contributed by atoms with Gasteiger partial charge in [0.15, 0.2) is 5.13 Å². The summed E-state index contributed by atoms with van der Waals surface area (Å²) in [6.45, 7) is 0. The predicted octanol–water partition coefficient (Wildman–Crippen LogP) is 2.53. The van der Waals surface area contributed by atoms with Crippen molar-refractivity contribution in [1.82, 2.24) is 4.98 Å². The number of benzene rings is 1. The molecule has 0 spiro atoms. The fraction of sp³-hybridized carbons (Fsp3) is 0.250. The molecule has 1 saturated heterocycles. The van der Waals surface area contributed by atoms with Crippen molar-refractivity contribution in [3.05, 3.63) is 40.9 Å². The van der Waals surface area contributed by atoms with Crippen LogP contribution in [0.2, 0.25) is 0 Å². The highest BCUT2D eigenvalue weighted by atomic mass is 32.1. The number of amides is 2. The van der Waals surface area contributed by atoms with Gasteiger partial charge in [0.05, 0.1) is 24.1 Å². The monoisotopic (exact) mass is 399 g/mol. The molecular weight excluding hydrogens is 387 g/mol. The Morgan fingerprint density at radius 3 is 2.78 bits per heavy atom. The maximum atomic E-state index is 12.8. The molecule has 7 nitrogen and oxygen atoms in total. The number of nitrogens with one attached hydrogen (secondary N) is 1. The van der Waals surface area contributed by atoms with Gasteiger partial charge in [-0.3, -0.25) is 14.4 Å². The van der Waals surface area contributed by atoms with Gasteiger partial charge in [-0.15, -0.1) is 11.3 Å². The molecule has 1 aromatic heterocycles. The highest BCUT2D eigenvalue weighted by Gasteiger charge is 2.41. The number of carbonyl (C=O) groups is 3. The lowest BCUT2D eigenvalue weighted by Gasteiger charge is -2.15. The van der Waals surface area contributed by atoms with Crippen LogP contribution in [0.1, 0.15) is 17.7 Å². The molecule has 0 saturated carbocycles. The molecular formula is C16H12F3N3O4S. The lowest BCUT2D eigenvalue weighted by atomic mass is 10.1. The van der Waals surface area contributed by atoms with Crippen LogP contribution < -0.4 is 10.2 Å². The average Bonchev–Trinajstić information content (AvgIpc) is 3.11. The third-order valence-corrected chi connectivity index (χ3v) is 4.62. The number of nitrogens with zero attached hydrogens (tertiary/aromatic N) is 2. The summed E-state index contributed by atoms with van der Waals surface area (Å²) in [5.41, 5.74) is -0.611. The first kappa shape index (κ1) is 18.8. The highest BCUT2D eigenvalue weighted by Crippen LogP contribution is 2.32. The number of hydrogen-bond acceptors (Lipinski definition) is 6. The van der Waals surface area contributed by atoms with Crippen molar-refractivity contribution in [2.24, 2.45) is 0 Å². The Balaban J connectivity index is 1.76. The molecule has 27 heavy (non-hydrogen) atoms. The number of alkyl halides is 3. The number of hydrogen-bond donors (Lipinski definition) is 2. The minimum atomic E-state index is -4.53. The van der Waals surface area contributed by atoms with Crippen LogP contribution in [0.5, 0.6) is 0 Å². The summed E-state index contributed by atoms with van der Waals surface area (Å²) >= 11 is 0.944. The molecule has 0 aliphatic carbocycles. The van der Waals surface area contributed by atoms with Crippen LogP contribution in [0.25, 0.3) is 0 Å². The van der Waals surface area contributed by atoms with Crippen LogP contribution in [0.4, 0.5) is 24.0 Å². The molecule has 1 unspecified atom stereocenters. The van der Waals surface area contributed by atoms with E-state index in [-0.39, 0.29) is 29.4 Å². The van der Waals surface area contributed by atoms with E-state index < -0.39 is 35.6 Å². The first-order valence-electron chi connectivity index (χ1n) is 7.62. The van der Waals surface area contributed by atoms with E-state index in [4.69, 9.17) is 5.11 Å². The Morgan fingerprint density at radius 1 is 1.37 bits per heavy atom. The van der Waals surface area contributed by atoms with Gasteiger partial charge in [0, 0.05) is 11.1 Å². The topological polar surface area (TPSA) is 99.6 Å². The number of carboxylic acids is 1. The highest BCUT2D eigenvalue weighted by molar-refractivity contribution is 7.14. The summed E-state index contributed by atoms with van der Waals surface area (Å²) in [6.07, 6.45) is -5.12. The molecule has 1 fully saturated rings. The van der Waals surface area contributed by atoms with Gasteiger partial charge in [-0.05, 0) is 18.2 Å². The maximum absolute atomic E-state index is 12.8. The molecule has 2 amide bonds. The van der Waals surface area contributed by atoms with Gasteiger partial charge in [0.2, 0.25) is 5.91 Å². The number of carboxylic acid groups (broad SMARTS) is 1. The van der Waals surface area contributed by atoms with Crippen molar-refractivity contribution in [2.45, 2.75) is 25.1 Å². The third-order valence-electron chi connectivity index (χ3n) is 3.74. The third kappa shape index (κ3) is 4.08. The lowest BCUT2D eigenvalue weighted by molar-refractivity contribution is -0.138. The van der Waals surface area contributed by atoms with Crippen molar-refractivity contribution in [2.75, 3.05) is 10.2 Å². The zero-order valence-electron chi connectivity index (χ0n) is 13.5. The second kappa shape index (κ2) is 6.99. The number of aliphatic carboxylic acids is 1. The molecule has 3 rings (SSSR count). The number of aromatic nitrogens is 1. The number of anilines is 2. The predicted molar refractivity (Wildman–Crippen MR) is 89.4 cm³/mol. The maximum Gasteiger partial charge on any atom is 0.416 e. The van der Waals surface area contributed by atoms with Crippen LogP contribution in [-0.2, 0) is 27.0 Å². The van der Waals surface area contributed by atoms with E-state index in [1.165, 1.54) is 17.5 Å². The molecule has 1 atom stereocenters. The van der Waals surface area contributed by atoms with Crippen molar-refractivity contribution in [3.8, 4) is 0 Å². The number of halogens is 3. The van der Waals surface area contributed by atoms with Crippen LogP contribution in [0.3, 0.4) is 0 Å². The summed E-state index contributed by atoms with van der Waals surface area (Å²) < 4.78 is 38.4. The Morgan fingerprint density at radius 2 is 2.11 bits per heavy atom. The number of rotatable bonds is 5. The van der Waals surface area contributed by atoms with E-state index >= 15 is 0 Å². The van der Waals surface area contributed by atoms with Crippen molar-refractivity contribution >= 4 is 39.9 Å². The molecule has 1 aromatic carbocycles. The molecule has 2 aromatic rings. The first-order chi connectivity index (χ1) is 12.6. The summed E-state index contributed by atoms with van der Waals surface area (Å²) in [4.78, 5) is 40.2. The molecule has 0 bridgehead atoms. The molecule has 2 heterocycles. The van der Waals surface area contributed by atoms with Gasteiger partial charge >= 0.3 is 12.1 Å². The van der Waals surface area contributed by atoms with Crippen molar-refractivity contribution in [3.63, 3.8) is 0 Å². The zero-order valence-corrected chi connectivity index (χ0v) is 14.3. The standard InChI is InChI=1S/C16H12F3N3O4S/c17-16(18,19)8-2-1-3-9(4-8)20-11-6-12(23)22(14(11)26)15-21-10(7-27-15)5-13(24)25/h1-4,7,11,20H,5-6H2,(H,24,25). The Kier molecular flexibility index (Phi) is 4.87. The normalized spacial score (nSPS) is 17.4. The Hall–Kier alpha value is -2.95. The van der Waals surface area contributed by atoms with Crippen molar-refractivity contribution in [1.29, 1.82) is 0 Å². The van der Waals surface area contributed by atoms with Crippen LogP contribution in [0.15, 0.2) is 29.6 Å². The molecule has 142 valence electrons. The van der Waals surface area contributed by atoms with E-state index in [1.807, 2.05) is 0 Å². The summed E-state index contributed by atoms with van der Waals surface area (Å²) in [6, 6.07) is 3.29. The van der Waals surface area contributed by atoms with E-state index in [1.54, 1.807) is 0 Å². The fourth-order valence-corrected chi connectivity index (χ4v) is 3.41. The Labute approximate surface area is 154 Å². The molecule has 11 heteroatoms. The van der Waals surface area contributed by atoms with E-state index in [9.17, 15) is 27.6 Å². The van der Waals surface area contributed by atoms with E-state index in [0.717, 1.165) is 28.4 Å². The molecule has 0 radical (unpaired) electrons. The molecule has 1 aliphatic rings. The number of thiazole rings is 1. The lowest BCUT2D eigenvalue weighted by Crippen LogP contribution is -2.34. The minimum Gasteiger partial charge on any atom is -0.481 e. The molecule has 2 N–H and O–H groups in total. The second-order valence-corrected chi connectivity index (χ2v) is 6.58. The number of imide groups is 1. The summed E-state index contributed by atoms with van der Waals surface area (Å²) in [5, 5.41) is 12.9. The quantitative estimate of drug-likeness (QED) is 0.750. The fourth-order valence-electron chi connectivity index (χ4n) is 2.57.